The summed E-state index contributed by atoms with van der Waals surface area (Å²) in [5.74, 6) is 0.0873. The van der Waals surface area contributed by atoms with Crippen LogP contribution in [-0.4, -0.2) is 24.6 Å². The van der Waals surface area contributed by atoms with Gasteiger partial charge in [0.2, 0.25) is 5.91 Å². The van der Waals surface area contributed by atoms with E-state index in [-0.39, 0.29) is 18.0 Å². The smallest absolute Gasteiger partial charge is 0.302 e. The minimum Gasteiger partial charge on any atom is -0.493 e. The van der Waals surface area contributed by atoms with Crippen LogP contribution in [0.3, 0.4) is 0 Å². The Hall–Kier alpha value is -3.11. The highest BCUT2D eigenvalue weighted by Crippen LogP contribution is 2.38. The van der Waals surface area contributed by atoms with Gasteiger partial charge in [-0.1, -0.05) is 18.2 Å². The third-order valence-corrected chi connectivity index (χ3v) is 5.70. The van der Waals surface area contributed by atoms with Gasteiger partial charge in [0.25, 0.3) is 0 Å². The van der Waals surface area contributed by atoms with Gasteiger partial charge in [0.1, 0.15) is 22.9 Å². The van der Waals surface area contributed by atoms with Gasteiger partial charge in [0, 0.05) is 29.9 Å². The van der Waals surface area contributed by atoms with E-state index in [1.54, 1.807) is 6.08 Å². The summed E-state index contributed by atoms with van der Waals surface area (Å²) in [6.45, 7) is 3.84. The van der Waals surface area contributed by atoms with Crippen molar-refractivity contribution < 1.29 is 19.1 Å². The van der Waals surface area contributed by atoms with Gasteiger partial charge >= 0.3 is 5.97 Å². The molecular formula is C22H22N2O4S. The summed E-state index contributed by atoms with van der Waals surface area (Å²) in [7, 11) is 0. The number of hydrogen-bond donors (Lipinski definition) is 1. The van der Waals surface area contributed by atoms with Gasteiger partial charge in [-0.15, -0.1) is 11.3 Å². The number of thiophene rings is 1. The van der Waals surface area contributed by atoms with Crippen molar-refractivity contribution in [1.82, 2.24) is 0 Å². The minimum absolute atomic E-state index is 0.177. The van der Waals surface area contributed by atoms with Crippen molar-refractivity contribution in [2.24, 2.45) is 0 Å². The molecule has 2 aromatic rings. The van der Waals surface area contributed by atoms with E-state index in [1.165, 1.54) is 24.3 Å². The Morgan fingerprint density at radius 1 is 1.38 bits per heavy atom. The zero-order valence-corrected chi connectivity index (χ0v) is 17.2. The number of para-hydroxylation sites is 1. The fourth-order valence-electron chi connectivity index (χ4n) is 3.32. The van der Waals surface area contributed by atoms with Crippen LogP contribution in [0.25, 0.3) is 6.08 Å². The number of amides is 1. The van der Waals surface area contributed by atoms with Crippen LogP contribution in [-0.2, 0) is 27.2 Å². The number of nitrogens with one attached hydrogen (secondary N) is 1. The maximum atomic E-state index is 12.4. The number of hydrogen-bond acceptors (Lipinski definition) is 6. The molecule has 1 amide bonds. The molecule has 0 spiro atoms. The van der Waals surface area contributed by atoms with E-state index in [1.807, 2.05) is 31.2 Å². The predicted octanol–water partition coefficient (Wildman–Crippen LogP) is 4.09. The van der Waals surface area contributed by atoms with E-state index in [0.717, 1.165) is 16.0 Å². The molecule has 7 heteroatoms. The second kappa shape index (κ2) is 9.39. The largest absolute Gasteiger partial charge is 0.493 e. The van der Waals surface area contributed by atoms with Crippen LogP contribution in [0.5, 0.6) is 5.75 Å². The van der Waals surface area contributed by atoms with Crippen LogP contribution in [0.2, 0.25) is 0 Å². The molecule has 0 aliphatic heterocycles. The van der Waals surface area contributed by atoms with Gasteiger partial charge in [-0.2, -0.15) is 5.26 Å². The number of rotatable bonds is 6. The highest BCUT2D eigenvalue weighted by atomic mass is 32.1. The Morgan fingerprint density at radius 2 is 2.17 bits per heavy atom. The summed E-state index contributed by atoms with van der Waals surface area (Å²) in [6, 6.07) is 9.68. The maximum Gasteiger partial charge on any atom is 0.302 e. The van der Waals surface area contributed by atoms with Gasteiger partial charge in [0.05, 0.1) is 12.2 Å². The molecule has 1 heterocycles. The monoisotopic (exact) mass is 410 g/mol. The van der Waals surface area contributed by atoms with Crippen molar-refractivity contribution in [2.75, 3.05) is 11.9 Å². The van der Waals surface area contributed by atoms with Crippen LogP contribution in [0.1, 0.15) is 41.8 Å². The lowest BCUT2D eigenvalue weighted by Crippen LogP contribution is -2.23. The lowest BCUT2D eigenvalue weighted by molar-refractivity contribution is -0.146. The zero-order valence-electron chi connectivity index (χ0n) is 16.4. The molecule has 0 bridgehead atoms. The number of benzene rings is 1. The first kappa shape index (κ1) is 20.6. The number of carbonyl (C=O) groups excluding carboxylic acids is 2. The van der Waals surface area contributed by atoms with E-state index in [9.17, 15) is 14.9 Å². The van der Waals surface area contributed by atoms with Crippen LogP contribution in [0, 0.1) is 11.3 Å². The normalized spacial score (nSPS) is 15.4. The van der Waals surface area contributed by atoms with Gasteiger partial charge in [-0.05, 0) is 37.5 Å². The van der Waals surface area contributed by atoms with Crippen LogP contribution >= 0.6 is 11.3 Å². The molecule has 150 valence electrons. The summed E-state index contributed by atoms with van der Waals surface area (Å²) in [6.07, 6.45) is 4.85. The fourth-order valence-corrected chi connectivity index (χ4v) is 4.59. The number of anilines is 1. The van der Waals surface area contributed by atoms with Crippen molar-refractivity contribution in [2.45, 2.75) is 39.2 Å². The molecule has 1 N–H and O–H groups in total. The van der Waals surface area contributed by atoms with Gasteiger partial charge < -0.3 is 14.8 Å². The fraction of sp³-hybridized carbons (Fsp3) is 0.318. The van der Waals surface area contributed by atoms with E-state index in [0.29, 0.717) is 42.2 Å². The minimum atomic E-state index is -0.317. The number of ether oxygens (including phenoxy) is 2. The molecule has 0 radical (unpaired) electrons. The number of nitrogens with zero attached hydrogens (tertiary/aromatic N) is 1. The molecule has 1 unspecified atom stereocenters. The number of fused-ring (bicyclic) bond motifs is 1. The number of esters is 1. The van der Waals surface area contributed by atoms with Crippen LogP contribution in [0.15, 0.2) is 30.3 Å². The van der Waals surface area contributed by atoms with E-state index >= 15 is 0 Å². The first-order valence-corrected chi connectivity index (χ1v) is 10.3. The molecule has 0 fully saturated rings. The Labute approximate surface area is 173 Å². The first-order valence-electron chi connectivity index (χ1n) is 9.44. The summed E-state index contributed by atoms with van der Waals surface area (Å²) >= 11 is 1.37. The molecule has 1 aromatic heterocycles. The highest BCUT2D eigenvalue weighted by Gasteiger charge is 2.27. The molecule has 1 aliphatic rings. The summed E-state index contributed by atoms with van der Waals surface area (Å²) < 4.78 is 10.9. The molecule has 1 aliphatic carbocycles. The quantitative estimate of drug-likeness (QED) is 0.572. The molecule has 0 saturated heterocycles. The lowest BCUT2D eigenvalue weighted by Gasteiger charge is -2.21. The van der Waals surface area contributed by atoms with E-state index in [2.05, 4.69) is 11.4 Å². The lowest BCUT2D eigenvalue weighted by atomic mass is 9.94. The Balaban J connectivity index is 1.74. The molecular weight excluding hydrogens is 388 g/mol. The van der Waals surface area contributed by atoms with Crippen molar-refractivity contribution in [3.05, 3.63) is 51.9 Å². The van der Waals surface area contributed by atoms with Crippen LogP contribution < -0.4 is 10.1 Å². The standard InChI is InChI=1S/C22H22N2O4S/c1-3-27-19-7-5-4-6-15(19)8-11-21(26)24-22-18(13-23)17-10-9-16(28-14(2)25)12-20(17)29-22/h4-8,11,16H,3,9-10,12H2,1-2H3,(H,24,26). The average Bonchev–Trinajstić information content (AvgIpc) is 3.03. The van der Waals surface area contributed by atoms with Crippen molar-refractivity contribution in [3.8, 4) is 11.8 Å². The van der Waals surface area contributed by atoms with Gasteiger partial charge in [-0.25, -0.2) is 0 Å². The molecule has 3 rings (SSSR count). The summed E-state index contributed by atoms with van der Waals surface area (Å²) in [5, 5.41) is 12.9. The van der Waals surface area contributed by atoms with Crippen molar-refractivity contribution in [1.29, 1.82) is 5.26 Å². The molecule has 1 aromatic carbocycles. The van der Waals surface area contributed by atoms with Crippen LogP contribution in [0.4, 0.5) is 5.00 Å². The molecule has 29 heavy (non-hydrogen) atoms. The Bertz CT molecular complexity index is 987. The molecule has 6 nitrogen and oxygen atoms in total. The van der Waals surface area contributed by atoms with E-state index in [4.69, 9.17) is 9.47 Å². The topological polar surface area (TPSA) is 88.4 Å². The second-order valence-electron chi connectivity index (χ2n) is 6.59. The third kappa shape index (κ3) is 5.04. The third-order valence-electron chi connectivity index (χ3n) is 4.53. The number of carbonyl (C=O) groups is 2. The first-order chi connectivity index (χ1) is 14.0. The number of nitriles is 1. The summed E-state index contributed by atoms with van der Waals surface area (Å²) in [4.78, 5) is 24.6. The van der Waals surface area contributed by atoms with Gasteiger partial charge in [-0.3, -0.25) is 9.59 Å². The maximum absolute atomic E-state index is 12.4. The van der Waals surface area contributed by atoms with E-state index < -0.39 is 0 Å². The predicted molar refractivity (Wildman–Crippen MR) is 112 cm³/mol. The Morgan fingerprint density at radius 3 is 2.90 bits per heavy atom. The van der Waals surface area contributed by atoms with Gasteiger partial charge in [0.15, 0.2) is 0 Å². The average molecular weight is 410 g/mol. The Kier molecular flexibility index (Phi) is 6.68. The highest BCUT2D eigenvalue weighted by molar-refractivity contribution is 7.16. The summed E-state index contributed by atoms with van der Waals surface area (Å²) in [5.41, 5.74) is 2.25. The molecule has 1 atom stereocenters. The van der Waals surface area contributed by atoms with Crippen molar-refractivity contribution >= 4 is 34.3 Å². The molecule has 0 saturated carbocycles. The SMILES string of the molecule is CCOc1ccccc1C=CC(=O)Nc1sc2c(c1C#N)CCC(OC(C)=O)C2. The van der Waals surface area contributed by atoms with Crippen molar-refractivity contribution in [3.63, 3.8) is 0 Å². The second-order valence-corrected chi connectivity index (χ2v) is 7.69. The zero-order chi connectivity index (χ0) is 20.8.